The second-order valence-corrected chi connectivity index (χ2v) is 11.2. The Labute approximate surface area is 197 Å². The fourth-order valence-electron chi connectivity index (χ4n) is 4.53. The van der Waals surface area contributed by atoms with Crippen LogP contribution in [-0.2, 0) is 26.4 Å². The van der Waals surface area contributed by atoms with Crippen LogP contribution >= 0.6 is 0 Å². The summed E-state index contributed by atoms with van der Waals surface area (Å²) in [5, 5.41) is 21.2. The number of aromatic nitrogens is 4. The second-order valence-electron chi connectivity index (χ2n) is 9.02. The molecule has 1 aliphatic heterocycles. The van der Waals surface area contributed by atoms with Gasteiger partial charge in [-0.25, -0.2) is 8.42 Å². The van der Waals surface area contributed by atoms with Gasteiger partial charge in [-0.3, -0.25) is 14.2 Å². The topological polar surface area (TPSA) is 132 Å². The molecule has 3 heterocycles. The van der Waals surface area contributed by atoms with Gasteiger partial charge in [-0.05, 0) is 50.2 Å². The third-order valence-corrected chi connectivity index (χ3v) is 8.84. The zero-order valence-electron chi connectivity index (χ0n) is 18.8. The summed E-state index contributed by atoms with van der Waals surface area (Å²) >= 11 is 0. The second kappa shape index (κ2) is 8.85. The molecule has 11 heteroatoms. The fourth-order valence-corrected chi connectivity index (χ4v) is 6.40. The molecule has 0 spiro atoms. The van der Waals surface area contributed by atoms with E-state index in [4.69, 9.17) is 4.74 Å². The standard InChI is InChI=1S/C23H26N6O4S/c1-28-7-4-22(27-28)26-23(30)20(10-15-5-8-33-9-6-15)29-19-11-16(13-24)12-21(18(19)14-25-29)34(31,32)17-2-3-17/h4,7,11-12,14-15,17,20H,2-3,5-6,8-10H2,1H3,(H,26,27,30)/t20-/m1/s1. The fraction of sp³-hybridized carbons (Fsp3) is 0.478. The number of amides is 1. The largest absolute Gasteiger partial charge is 0.381 e. The first-order valence-corrected chi connectivity index (χ1v) is 12.9. The summed E-state index contributed by atoms with van der Waals surface area (Å²) in [6.07, 6.45) is 6.65. The van der Waals surface area contributed by atoms with E-state index in [1.807, 2.05) is 0 Å². The molecule has 5 rings (SSSR count). The zero-order chi connectivity index (χ0) is 23.9. The number of sulfone groups is 1. The number of fused-ring (bicyclic) bond motifs is 1. The third-order valence-electron chi connectivity index (χ3n) is 6.54. The van der Waals surface area contributed by atoms with E-state index in [0.717, 1.165) is 12.8 Å². The molecule has 1 N–H and O–H groups in total. The highest BCUT2D eigenvalue weighted by molar-refractivity contribution is 7.92. The number of nitrogens with zero attached hydrogens (tertiary/aromatic N) is 5. The third kappa shape index (κ3) is 4.31. The molecule has 10 nitrogen and oxygen atoms in total. The molecule has 1 aliphatic carbocycles. The maximum Gasteiger partial charge on any atom is 0.250 e. The SMILES string of the molecule is Cn1ccc(NC(=O)[C@@H](CC2CCOCC2)n2ncc3c(S(=O)(=O)C4CC4)cc(C#N)cc32)n1. The van der Waals surface area contributed by atoms with Crippen molar-refractivity contribution in [2.24, 2.45) is 13.0 Å². The predicted octanol–water partition coefficient (Wildman–Crippen LogP) is 2.57. The highest BCUT2D eigenvalue weighted by atomic mass is 32.2. The lowest BCUT2D eigenvalue weighted by Crippen LogP contribution is -2.30. The Morgan fingerprint density at radius 1 is 1.29 bits per heavy atom. The maximum absolute atomic E-state index is 13.5. The molecule has 1 atom stereocenters. The zero-order valence-corrected chi connectivity index (χ0v) is 19.7. The van der Waals surface area contributed by atoms with Crippen molar-refractivity contribution in [3.05, 3.63) is 36.2 Å². The lowest BCUT2D eigenvalue weighted by atomic mass is 9.92. The first-order valence-electron chi connectivity index (χ1n) is 11.4. The smallest absolute Gasteiger partial charge is 0.250 e. The van der Waals surface area contributed by atoms with Gasteiger partial charge in [-0.15, -0.1) is 0 Å². The van der Waals surface area contributed by atoms with E-state index in [0.29, 0.717) is 49.2 Å². The molecule has 0 radical (unpaired) electrons. The maximum atomic E-state index is 13.5. The molecule has 1 saturated heterocycles. The Morgan fingerprint density at radius 3 is 2.71 bits per heavy atom. The van der Waals surface area contributed by atoms with Crippen LogP contribution in [0, 0.1) is 17.2 Å². The van der Waals surface area contributed by atoms with E-state index in [-0.39, 0.29) is 22.3 Å². The Kier molecular flexibility index (Phi) is 5.87. The highest BCUT2D eigenvalue weighted by Crippen LogP contribution is 2.38. The van der Waals surface area contributed by atoms with Crippen LogP contribution in [0.1, 0.15) is 43.7 Å². The molecule has 0 unspecified atom stereocenters. The van der Waals surface area contributed by atoms with Crippen molar-refractivity contribution >= 4 is 32.5 Å². The molecule has 3 aromatic rings. The van der Waals surface area contributed by atoms with Crippen LogP contribution in [0.15, 0.2) is 35.5 Å². The van der Waals surface area contributed by atoms with Crippen molar-refractivity contribution in [2.45, 2.75) is 48.3 Å². The molecule has 1 aromatic carbocycles. The molecule has 2 fully saturated rings. The number of carbonyl (C=O) groups is 1. The number of aryl methyl sites for hydroxylation is 1. The summed E-state index contributed by atoms with van der Waals surface area (Å²) in [5.74, 6) is 0.390. The summed E-state index contributed by atoms with van der Waals surface area (Å²) in [6.45, 7) is 1.28. The molecule has 34 heavy (non-hydrogen) atoms. The van der Waals surface area contributed by atoms with E-state index in [2.05, 4.69) is 21.6 Å². The summed E-state index contributed by atoms with van der Waals surface area (Å²) in [7, 11) is -1.80. The van der Waals surface area contributed by atoms with E-state index < -0.39 is 21.1 Å². The number of anilines is 1. The van der Waals surface area contributed by atoms with Crippen LogP contribution in [0.4, 0.5) is 5.82 Å². The molecule has 2 aromatic heterocycles. The predicted molar refractivity (Wildman–Crippen MR) is 124 cm³/mol. The van der Waals surface area contributed by atoms with Crippen LogP contribution in [0.3, 0.4) is 0 Å². The summed E-state index contributed by atoms with van der Waals surface area (Å²) in [4.78, 5) is 13.6. The quantitative estimate of drug-likeness (QED) is 0.547. The average molecular weight is 483 g/mol. The number of ether oxygens (including phenoxy) is 1. The van der Waals surface area contributed by atoms with Crippen molar-refractivity contribution in [1.29, 1.82) is 5.26 Å². The lowest BCUT2D eigenvalue weighted by molar-refractivity contribution is -0.120. The van der Waals surface area contributed by atoms with Gasteiger partial charge < -0.3 is 10.1 Å². The first kappa shape index (κ1) is 22.6. The lowest BCUT2D eigenvalue weighted by Gasteiger charge is -2.26. The van der Waals surface area contributed by atoms with Crippen LogP contribution in [0.2, 0.25) is 0 Å². The van der Waals surface area contributed by atoms with Gasteiger partial charge in [0.2, 0.25) is 5.91 Å². The minimum Gasteiger partial charge on any atom is -0.381 e. The number of nitrogens with one attached hydrogen (secondary N) is 1. The van der Waals surface area contributed by atoms with Crippen molar-refractivity contribution < 1.29 is 17.9 Å². The Hall–Kier alpha value is -3.23. The number of carbonyl (C=O) groups excluding carboxylic acids is 1. The van der Waals surface area contributed by atoms with Gasteiger partial charge in [0.05, 0.1) is 33.5 Å². The van der Waals surface area contributed by atoms with Gasteiger partial charge in [-0.1, -0.05) is 0 Å². The highest BCUT2D eigenvalue weighted by Gasteiger charge is 2.39. The van der Waals surface area contributed by atoms with Crippen LogP contribution < -0.4 is 5.32 Å². The van der Waals surface area contributed by atoms with E-state index >= 15 is 0 Å². The van der Waals surface area contributed by atoms with Gasteiger partial charge in [0.15, 0.2) is 15.7 Å². The van der Waals surface area contributed by atoms with E-state index in [1.54, 1.807) is 34.7 Å². The number of hydrogen-bond donors (Lipinski definition) is 1. The Bertz CT molecular complexity index is 1380. The molecule has 178 valence electrons. The van der Waals surface area contributed by atoms with Gasteiger partial charge in [0, 0.05) is 37.9 Å². The average Bonchev–Trinajstić information content (AvgIpc) is 3.51. The van der Waals surface area contributed by atoms with E-state index in [9.17, 15) is 18.5 Å². The van der Waals surface area contributed by atoms with Crippen LogP contribution in [0.25, 0.3) is 10.9 Å². The molecule has 0 bridgehead atoms. The number of hydrogen-bond acceptors (Lipinski definition) is 7. The minimum atomic E-state index is -3.56. The molecule has 1 amide bonds. The summed E-state index contributed by atoms with van der Waals surface area (Å²) in [5.41, 5.74) is 0.690. The van der Waals surface area contributed by atoms with Crippen molar-refractivity contribution in [2.75, 3.05) is 18.5 Å². The molecular formula is C23H26N6O4S. The first-order chi connectivity index (χ1) is 16.4. The number of nitriles is 1. The van der Waals surface area contributed by atoms with Gasteiger partial charge in [-0.2, -0.15) is 15.5 Å². The van der Waals surface area contributed by atoms with Gasteiger partial charge >= 0.3 is 0 Å². The molecule has 1 saturated carbocycles. The number of rotatable bonds is 7. The minimum absolute atomic E-state index is 0.116. The molecule has 2 aliphatic rings. The van der Waals surface area contributed by atoms with Crippen molar-refractivity contribution in [3.63, 3.8) is 0 Å². The normalized spacial score (nSPS) is 18.0. The Morgan fingerprint density at radius 2 is 2.06 bits per heavy atom. The van der Waals surface area contributed by atoms with Crippen LogP contribution in [-0.4, -0.2) is 52.3 Å². The van der Waals surface area contributed by atoms with E-state index in [1.165, 1.54) is 12.3 Å². The van der Waals surface area contributed by atoms with Gasteiger partial charge in [0.1, 0.15) is 6.04 Å². The van der Waals surface area contributed by atoms with Crippen molar-refractivity contribution in [1.82, 2.24) is 19.6 Å². The van der Waals surface area contributed by atoms with Crippen molar-refractivity contribution in [3.8, 4) is 6.07 Å². The van der Waals surface area contributed by atoms with Crippen LogP contribution in [0.5, 0.6) is 0 Å². The van der Waals surface area contributed by atoms with Gasteiger partial charge in [0.25, 0.3) is 0 Å². The summed E-state index contributed by atoms with van der Waals surface area (Å²) in [6, 6.07) is 6.10. The Balaban J connectivity index is 1.58. The monoisotopic (exact) mass is 482 g/mol. The summed E-state index contributed by atoms with van der Waals surface area (Å²) < 4.78 is 34.8. The number of benzene rings is 1. The molecular weight excluding hydrogens is 456 g/mol.